The first-order chi connectivity index (χ1) is 14.8. The number of aromatic nitrogens is 6. The molecule has 4 aromatic rings. The Labute approximate surface area is 177 Å². The molecule has 154 valence electrons. The lowest BCUT2D eigenvalue weighted by Gasteiger charge is -2.13. The van der Waals surface area contributed by atoms with Crippen LogP contribution in [0.25, 0.3) is 22.5 Å². The summed E-state index contributed by atoms with van der Waals surface area (Å²) in [5, 5.41) is 0. The van der Waals surface area contributed by atoms with Crippen molar-refractivity contribution in [2.75, 3.05) is 0 Å². The highest BCUT2D eigenvalue weighted by Crippen LogP contribution is 2.27. The van der Waals surface area contributed by atoms with Crippen molar-refractivity contribution in [3.63, 3.8) is 0 Å². The van der Waals surface area contributed by atoms with Gasteiger partial charge >= 0.3 is 0 Å². The molecule has 0 bridgehead atoms. The van der Waals surface area contributed by atoms with E-state index in [9.17, 15) is 0 Å². The molecule has 0 aliphatic rings. The van der Waals surface area contributed by atoms with Crippen LogP contribution in [0.15, 0.2) is 61.4 Å². The Balaban J connectivity index is 1.31. The van der Waals surface area contributed by atoms with Gasteiger partial charge in [0.15, 0.2) is 0 Å². The Morgan fingerprint density at radius 3 is 2.07 bits per heavy atom. The van der Waals surface area contributed by atoms with E-state index in [1.165, 1.54) is 0 Å². The number of hydrogen-bond acceptors (Lipinski definition) is 4. The molecule has 4 heterocycles. The van der Waals surface area contributed by atoms with E-state index in [0.29, 0.717) is 5.92 Å². The minimum absolute atomic E-state index is 0.467. The minimum atomic E-state index is 0.467. The van der Waals surface area contributed by atoms with Crippen LogP contribution < -0.4 is 0 Å². The van der Waals surface area contributed by atoms with E-state index in [2.05, 4.69) is 36.8 Å². The zero-order chi connectivity index (χ0) is 20.6. The lowest BCUT2D eigenvalue weighted by atomic mass is 9.95. The molecular formula is C24H28N6. The molecule has 0 aliphatic heterocycles. The number of hydrogen-bond donors (Lipinski definition) is 2. The van der Waals surface area contributed by atoms with Crippen molar-refractivity contribution >= 4 is 0 Å². The lowest BCUT2D eigenvalue weighted by molar-refractivity contribution is 0.511. The van der Waals surface area contributed by atoms with E-state index in [-0.39, 0.29) is 0 Å². The Kier molecular flexibility index (Phi) is 6.65. The zero-order valence-electron chi connectivity index (χ0n) is 17.4. The molecule has 0 radical (unpaired) electrons. The normalized spacial score (nSPS) is 12.2. The van der Waals surface area contributed by atoms with Gasteiger partial charge < -0.3 is 9.97 Å². The summed E-state index contributed by atoms with van der Waals surface area (Å²) >= 11 is 0. The number of rotatable bonds is 10. The fourth-order valence-corrected chi connectivity index (χ4v) is 3.84. The summed E-state index contributed by atoms with van der Waals surface area (Å²) in [5.41, 5.74) is 4.36. The minimum Gasteiger partial charge on any atom is -0.342 e. The van der Waals surface area contributed by atoms with Crippen molar-refractivity contribution in [2.24, 2.45) is 0 Å². The van der Waals surface area contributed by atoms with Crippen molar-refractivity contribution < 1.29 is 0 Å². The number of aryl methyl sites for hydroxylation is 1. The molecule has 0 saturated heterocycles. The summed E-state index contributed by atoms with van der Waals surface area (Å²) in [5.74, 6) is 2.61. The van der Waals surface area contributed by atoms with E-state index in [1.54, 1.807) is 12.4 Å². The van der Waals surface area contributed by atoms with Gasteiger partial charge in [-0.15, -0.1) is 0 Å². The molecule has 4 aromatic heterocycles. The van der Waals surface area contributed by atoms with Gasteiger partial charge in [0.25, 0.3) is 0 Å². The maximum Gasteiger partial charge on any atom is 0.109 e. The van der Waals surface area contributed by atoms with E-state index >= 15 is 0 Å². The molecule has 6 heteroatoms. The van der Waals surface area contributed by atoms with Crippen LogP contribution in [0.1, 0.15) is 56.6 Å². The Bertz CT molecular complexity index is 1020. The van der Waals surface area contributed by atoms with Crippen molar-refractivity contribution in [2.45, 2.75) is 51.4 Å². The molecule has 0 spiro atoms. The lowest BCUT2D eigenvalue weighted by Crippen LogP contribution is -2.02. The third-order valence-electron chi connectivity index (χ3n) is 5.45. The van der Waals surface area contributed by atoms with Gasteiger partial charge in [0.1, 0.15) is 11.6 Å². The second-order valence-corrected chi connectivity index (χ2v) is 7.63. The summed E-state index contributed by atoms with van der Waals surface area (Å²) < 4.78 is 0. The molecule has 30 heavy (non-hydrogen) atoms. The molecule has 0 fully saturated rings. The van der Waals surface area contributed by atoms with Gasteiger partial charge in [-0.25, -0.2) is 9.97 Å². The molecule has 4 rings (SSSR count). The summed E-state index contributed by atoms with van der Waals surface area (Å²) in [6.07, 6.45) is 17.8. The highest BCUT2D eigenvalue weighted by Gasteiger charge is 2.15. The highest BCUT2D eigenvalue weighted by molar-refractivity contribution is 5.58. The predicted octanol–water partition coefficient (Wildman–Crippen LogP) is 5.55. The molecule has 0 aromatic carbocycles. The van der Waals surface area contributed by atoms with Crippen LogP contribution in [0.3, 0.4) is 0 Å². The SMILES string of the molecule is CCCC(CCCCc1ncc(-c2ccncc2)[nH]1)c1ncc(-c2ccncc2)[nH]1. The first kappa shape index (κ1) is 20.0. The molecule has 6 nitrogen and oxygen atoms in total. The maximum atomic E-state index is 4.69. The van der Waals surface area contributed by atoms with Crippen LogP contribution >= 0.6 is 0 Å². The molecule has 0 amide bonds. The number of nitrogens with one attached hydrogen (secondary N) is 2. The largest absolute Gasteiger partial charge is 0.342 e. The fraction of sp³-hybridized carbons (Fsp3) is 0.333. The molecule has 0 aliphatic carbocycles. The number of nitrogens with zero attached hydrogens (tertiary/aromatic N) is 4. The second kappa shape index (κ2) is 9.96. The Morgan fingerprint density at radius 2 is 1.40 bits per heavy atom. The van der Waals surface area contributed by atoms with Crippen molar-refractivity contribution in [1.29, 1.82) is 0 Å². The summed E-state index contributed by atoms with van der Waals surface area (Å²) in [4.78, 5) is 24.4. The van der Waals surface area contributed by atoms with Crippen LogP contribution in [-0.4, -0.2) is 29.9 Å². The van der Waals surface area contributed by atoms with Gasteiger partial charge in [0.05, 0.1) is 23.8 Å². The number of pyridine rings is 2. The summed E-state index contributed by atoms with van der Waals surface area (Å²) in [6.45, 7) is 2.24. The van der Waals surface area contributed by atoms with E-state index in [0.717, 1.165) is 72.7 Å². The quantitative estimate of drug-likeness (QED) is 0.342. The third kappa shape index (κ3) is 5.00. The van der Waals surface area contributed by atoms with E-state index < -0.39 is 0 Å². The molecule has 1 unspecified atom stereocenters. The number of H-pyrrole nitrogens is 2. The van der Waals surface area contributed by atoms with Crippen LogP contribution in [0.4, 0.5) is 0 Å². The third-order valence-corrected chi connectivity index (χ3v) is 5.45. The van der Waals surface area contributed by atoms with Gasteiger partial charge in [-0.2, -0.15) is 0 Å². The van der Waals surface area contributed by atoms with Gasteiger partial charge in [0.2, 0.25) is 0 Å². The van der Waals surface area contributed by atoms with Gasteiger partial charge in [0, 0.05) is 48.3 Å². The number of aromatic amines is 2. The average Bonchev–Trinajstić information content (AvgIpc) is 3.47. The van der Waals surface area contributed by atoms with Crippen molar-refractivity contribution in [3.8, 4) is 22.5 Å². The van der Waals surface area contributed by atoms with Gasteiger partial charge in [-0.1, -0.05) is 19.8 Å². The van der Waals surface area contributed by atoms with E-state index in [4.69, 9.17) is 0 Å². The number of unbranched alkanes of at least 4 members (excludes halogenated alkanes) is 1. The molecule has 1 atom stereocenters. The summed E-state index contributed by atoms with van der Waals surface area (Å²) in [6, 6.07) is 8.01. The standard InChI is InChI=1S/C24H28N6/c1-2-5-20(24-28-17-22(30-24)19-10-14-26-15-11-19)6-3-4-7-23-27-16-21(29-23)18-8-12-25-13-9-18/h8-17,20H,2-7H2,1H3,(H,27,29)(H,28,30). The van der Waals surface area contributed by atoms with Crippen LogP contribution in [0.5, 0.6) is 0 Å². The van der Waals surface area contributed by atoms with Gasteiger partial charge in [-0.05, 0) is 43.5 Å². The van der Waals surface area contributed by atoms with Crippen LogP contribution in [0, 0.1) is 0 Å². The highest BCUT2D eigenvalue weighted by atomic mass is 14.9. The molecular weight excluding hydrogens is 372 g/mol. The Morgan fingerprint density at radius 1 is 0.767 bits per heavy atom. The topological polar surface area (TPSA) is 83.1 Å². The van der Waals surface area contributed by atoms with Crippen LogP contribution in [0.2, 0.25) is 0 Å². The van der Waals surface area contributed by atoms with Crippen molar-refractivity contribution in [1.82, 2.24) is 29.9 Å². The second-order valence-electron chi connectivity index (χ2n) is 7.63. The molecule has 2 N–H and O–H groups in total. The smallest absolute Gasteiger partial charge is 0.109 e. The van der Waals surface area contributed by atoms with Crippen LogP contribution in [-0.2, 0) is 6.42 Å². The van der Waals surface area contributed by atoms with E-state index in [1.807, 2.05) is 49.1 Å². The predicted molar refractivity (Wildman–Crippen MR) is 119 cm³/mol. The first-order valence-electron chi connectivity index (χ1n) is 10.7. The first-order valence-corrected chi connectivity index (χ1v) is 10.7. The van der Waals surface area contributed by atoms with Crippen molar-refractivity contribution in [3.05, 3.63) is 73.1 Å². The monoisotopic (exact) mass is 400 g/mol. The number of imidazole rings is 2. The summed E-state index contributed by atoms with van der Waals surface area (Å²) in [7, 11) is 0. The maximum absolute atomic E-state index is 4.69. The zero-order valence-corrected chi connectivity index (χ0v) is 17.4. The molecule has 0 saturated carbocycles. The average molecular weight is 401 g/mol. The van der Waals surface area contributed by atoms with Gasteiger partial charge in [-0.3, -0.25) is 9.97 Å². The fourth-order valence-electron chi connectivity index (χ4n) is 3.84. The Hall–Kier alpha value is -3.28.